The molecule has 3 rings (SSSR count). The third kappa shape index (κ3) is 5.64. The van der Waals surface area contributed by atoms with E-state index in [0.29, 0.717) is 11.4 Å². The van der Waals surface area contributed by atoms with E-state index in [1.165, 1.54) is 32.1 Å². The summed E-state index contributed by atoms with van der Waals surface area (Å²) in [7, 11) is -2.43. The van der Waals surface area contributed by atoms with Crippen LogP contribution in [0.3, 0.4) is 0 Å². The van der Waals surface area contributed by atoms with Crippen LogP contribution in [-0.4, -0.2) is 27.5 Å². The van der Waals surface area contributed by atoms with Gasteiger partial charge in [0.2, 0.25) is 0 Å². The Kier molecular flexibility index (Phi) is 7.03. The number of sulfonamides is 1. The number of ether oxygens (including phenoxy) is 1. The van der Waals surface area contributed by atoms with E-state index in [0.717, 1.165) is 25.7 Å². The maximum Gasteiger partial charge on any atom is 0.263 e. The van der Waals surface area contributed by atoms with Crippen molar-refractivity contribution in [3.63, 3.8) is 0 Å². The number of amides is 1. The molecule has 0 spiro atoms. The lowest BCUT2D eigenvalue weighted by atomic mass is 10.1. The standard InChI is InChI=1S/C21H25ClN2O4S/c1-28-18-11-9-17(10-12-18)24-29(26,27)20-14-15(8-13-19(20)22)21(25)23-16-6-4-2-3-5-7-16/h8-14,16,24H,2-7H2,1H3,(H,23,25). The highest BCUT2D eigenvalue weighted by Crippen LogP contribution is 2.26. The van der Waals surface area contributed by atoms with E-state index in [9.17, 15) is 13.2 Å². The lowest BCUT2D eigenvalue weighted by Gasteiger charge is -2.17. The third-order valence-corrected chi connectivity index (χ3v) is 6.88. The van der Waals surface area contributed by atoms with Gasteiger partial charge in [-0.05, 0) is 55.3 Å². The number of hydrogen-bond acceptors (Lipinski definition) is 4. The summed E-state index contributed by atoms with van der Waals surface area (Å²) in [5.41, 5.74) is 0.643. The summed E-state index contributed by atoms with van der Waals surface area (Å²) in [6, 6.07) is 10.9. The normalized spacial score (nSPS) is 15.4. The maximum atomic E-state index is 12.8. The van der Waals surface area contributed by atoms with Crippen molar-refractivity contribution in [1.29, 1.82) is 0 Å². The molecule has 1 amide bonds. The lowest BCUT2D eigenvalue weighted by Crippen LogP contribution is -2.34. The van der Waals surface area contributed by atoms with Crippen LogP contribution in [0.5, 0.6) is 5.75 Å². The van der Waals surface area contributed by atoms with Gasteiger partial charge in [-0.1, -0.05) is 37.3 Å². The molecule has 0 radical (unpaired) electrons. The molecule has 156 valence electrons. The van der Waals surface area contributed by atoms with E-state index >= 15 is 0 Å². The van der Waals surface area contributed by atoms with Crippen LogP contribution < -0.4 is 14.8 Å². The molecule has 0 aliphatic heterocycles. The van der Waals surface area contributed by atoms with Crippen molar-refractivity contribution in [3.05, 3.63) is 53.1 Å². The van der Waals surface area contributed by atoms with E-state index in [-0.39, 0.29) is 27.4 Å². The minimum atomic E-state index is -3.96. The van der Waals surface area contributed by atoms with Crippen molar-refractivity contribution in [2.45, 2.75) is 49.5 Å². The van der Waals surface area contributed by atoms with Crippen molar-refractivity contribution >= 4 is 33.2 Å². The van der Waals surface area contributed by atoms with E-state index in [4.69, 9.17) is 16.3 Å². The molecule has 1 saturated carbocycles. The Morgan fingerprint density at radius 3 is 2.31 bits per heavy atom. The molecule has 0 saturated heterocycles. The largest absolute Gasteiger partial charge is 0.497 e. The zero-order chi connectivity index (χ0) is 20.9. The number of halogens is 1. The van der Waals surface area contributed by atoms with Crippen molar-refractivity contribution in [1.82, 2.24) is 5.32 Å². The monoisotopic (exact) mass is 436 g/mol. The van der Waals surface area contributed by atoms with Crippen LogP contribution in [0.15, 0.2) is 47.4 Å². The van der Waals surface area contributed by atoms with Crippen LogP contribution in [0.25, 0.3) is 0 Å². The van der Waals surface area contributed by atoms with Gasteiger partial charge in [0.25, 0.3) is 15.9 Å². The van der Waals surface area contributed by atoms with Crippen LogP contribution >= 0.6 is 11.6 Å². The number of methoxy groups -OCH3 is 1. The Balaban J connectivity index is 1.78. The minimum absolute atomic E-state index is 0.0528. The van der Waals surface area contributed by atoms with Crippen molar-refractivity contribution in [3.8, 4) is 5.75 Å². The van der Waals surface area contributed by atoms with Gasteiger partial charge in [0.1, 0.15) is 10.6 Å². The molecule has 8 heteroatoms. The zero-order valence-corrected chi connectivity index (χ0v) is 17.9. The van der Waals surface area contributed by atoms with Crippen molar-refractivity contribution in [2.24, 2.45) is 0 Å². The molecular formula is C21H25ClN2O4S. The first-order valence-electron chi connectivity index (χ1n) is 9.66. The highest BCUT2D eigenvalue weighted by atomic mass is 35.5. The van der Waals surface area contributed by atoms with Gasteiger partial charge in [-0.15, -0.1) is 0 Å². The smallest absolute Gasteiger partial charge is 0.263 e. The number of carbonyl (C=O) groups excluding carboxylic acids is 1. The molecular weight excluding hydrogens is 412 g/mol. The van der Waals surface area contributed by atoms with Crippen LogP contribution in [0.1, 0.15) is 48.9 Å². The van der Waals surface area contributed by atoms with Crippen LogP contribution in [0, 0.1) is 0 Å². The number of benzene rings is 2. The molecule has 0 heterocycles. The Morgan fingerprint density at radius 1 is 1.03 bits per heavy atom. The summed E-state index contributed by atoms with van der Waals surface area (Å²) in [4.78, 5) is 12.5. The van der Waals surface area contributed by atoms with Crippen LogP contribution in [0.4, 0.5) is 5.69 Å². The van der Waals surface area contributed by atoms with E-state index < -0.39 is 10.0 Å². The van der Waals surface area contributed by atoms with E-state index in [1.54, 1.807) is 30.3 Å². The second-order valence-electron chi connectivity index (χ2n) is 7.14. The number of nitrogens with one attached hydrogen (secondary N) is 2. The van der Waals surface area contributed by atoms with Gasteiger partial charge in [-0.25, -0.2) is 8.42 Å². The lowest BCUT2D eigenvalue weighted by molar-refractivity contribution is 0.0933. The molecule has 0 atom stereocenters. The number of anilines is 1. The van der Waals surface area contributed by atoms with Crippen molar-refractivity contribution < 1.29 is 17.9 Å². The SMILES string of the molecule is COc1ccc(NS(=O)(=O)c2cc(C(=O)NC3CCCCCC3)ccc2Cl)cc1. The number of carbonyl (C=O) groups is 1. The predicted octanol–water partition coefficient (Wildman–Crippen LogP) is 4.60. The topological polar surface area (TPSA) is 84.5 Å². The first-order valence-corrected chi connectivity index (χ1v) is 11.5. The Hall–Kier alpha value is -2.25. The summed E-state index contributed by atoms with van der Waals surface area (Å²) in [6.07, 6.45) is 6.46. The molecule has 1 fully saturated rings. The summed E-state index contributed by atoms with van der Waals surface area (Å²) in [5.74, 6) is 0.331. The van der Waals surface area contributed by atoms with Gasteiger partial charge >= 0.3 is 0 Å². The molecule has 29 heavy (non-hydrogen) atoms. The first kappa shape index (κ1) is 21.5. The van der Waals surface area contributed by atoms with Gasteiger partial charge < -0.3 is 10.1 Å². The maximum absolute atomic E-state index is 12.8. The highest BCUT2D eigenvalue weighted by Gasteiger charge is 2.22. The fourth-order valence-corrected chi connectivity index (χ4v) is 5.00. The third-order valence-electron chi connectivity index (χ3n) is 5.02. The average Bonchev–Trinajstić information content (AvgIpc) is 2.97. The Labute approximate surface area is 176 Å². The van der Waals surface area contributed by atoms with Gasteiger partial charge in [0.05, 0.1) is 12.1 Å². The molecule has 0 aromatic heterocycles. The predicted molar refractivity (Wildman–Crippen MR) is 114 cm³/mol. The summed E-state index contributed by atoms with van der Waals surface area (Å²) >= 11 is 6.14. The Morgan fingerprint density at radius 2 is 1.69 bits per heavy atom. The second-order valence-corrected chi connectivity index (χ2v) is 9.20. The van der Waals surface area contributed by atoms with Gasteiger partial charge in [0, 0.05) is 17.3 Å². The van der Waals surface area contributed by atoms with Gasteiger partial charge in [-0.2, -0.15) is 0 Å². The fourth-order valence-electron chi connectivity index (χ4n) is 3.41. The minimum Gasteiger partial charge on any atom is -0.497 e. The first-order chi connectivity index (χ1) is 13.9. The zero-order valence-electron chi connectivity index (χ0n) is 16.3. The Bertz CT molecular complexity index is 953. The number of rotatable bonds is 6. The molecule has 1 aliphatic rings. The quantitative estimate of drug-likeness (QED) is 0.648. The van der Waals surface area contributed by atoms with E-state index in [1.807, 2.05) is 0 Å². The van der Waals surface area contributed by atoms with Crippen LogP contribution in [0.2, 0.25) is 5.02 Å². The van der Waals surface area contributed by atoms with Crippen LogP contribution in [-0.2, 0) is 10.0 Å². The molecule has 2 N–H and O–H groups in total. The van der Waals surface area contributed by atoms with Gasteiger partial charge in [-0.3, -0.25) is 9.52 Å². The summed E-state index contributed by atoms with van der Waals surface area (Å²) in [6.45, 7) is 0. The second kappa shape index (κ2) is 9.50. The summed E-state index contributed by atoms with van der Waals surface area (Å²) < 4.78 is 33.2. The summed E-state index contributed by atoms with van der Waals surface area (Å²) in [5, 5.41) is 3.08. The van der Waals surface area contributed by atoms with Crippen molar-refractivity contribution in [2.75, 3.05) is 11.8 Å². The highest BCUT2D eigenvalue weighted by molar-refractivity contribution is 7.92. The fraction of sp³-hybridized carbons (Fsp3) is 0.381. The number of hydrogen-bond donors (Lipinski definition) is 2. The molecule has 0 unspecified atom stereocenters. The van der Waals surface area contributed by atoms with Gasteiger partial charge in [0.15, 0.2) is 0 Å². The molecule has 2 aromatic carbocycles. The molecule has 2 aromatic rings. The molecule has 1 aliphatic carbocycles. The molecule has 6 nitrogen and oxygen atoms in total. The molecule has 0 bridgehead atoms. The average molecular weight is 437 g/mol. The van der Waals surface area contributed by atoms with E-state index in [2.05, 4.69) is 10.0 Å².